The van der Waals surface area contributed by atoms with Crippen molar-refractivity contribution in [3.8, 4) is 11.5 Å². The predicted octanol–water partition coefficient (Wildman–Crippen LogP) is 4.24. The molecule has 0 aliphatic heterocycles. The van der Waals surface area contributed by atoms with Crippen LogP contribution in [0.3, 0.4) is 0 Å². The minimum absolute atomic E-state index is 0.293. The lowest BCUT2D eigenvalue weighted by atomic mass is 10.2. The maximum Gasteiger partial charge on any atom is 0.146 e. The first kappa shape index (κ1) is 15.2. The molecule has 0 aromatic heterocycles. The van der Waals surface area contributed by atoms with Crippen molar-refractivity contribution in [1.82, 2.24) is 0 Å². The zero-order valence-corrected chi connectivity index (χ0v) is 12.4. The van der Waals surface area contributed by atoms with Gasteiger partial charge in [-0.3, -0.25) is 0 Å². The van der Waals surface area contributed by atoms with Crippen molar-refractivity contribution in [3.63, 3.8) is 0 Å². The Balaban J connectivity index is 1.96. The van der Waals surface area contributed by atoms with Crippen molar-refractivity contribution >= 4 is 5.69 Å². The van der Waals surface area contributed by atoms with Gasteiger partial charge in [0.2, 0.25) is 0 Å². The monoisotopic (exact) mass is 289 g/mol. The Morgan fingerprint density at radius 2 is 1.76 bits per heavy atom. The maximum atomic E-state index is 13.7. The highest BCUT2D eigenvalue weighted by molar-refractivity contribution is 5.50. The number of ether oxygens (including phenoxy) is 2. The van der Waals surface area contributed by atoms with Gasteiger partial charge >= 0.3 is 0 Å². The number of methoxy groups -OCH3 is 1. The van der Waals surface area contributed by atoms with Crippen molar-refractivity contribution in [2.45, 2.75) is 19.9 Å². The lowest BCUT2D eigenvalue weighted by Crippen LogP contribution is -2.02. The highest BCUT2D eigenvalue weighted by Gasteiger charge is 2.04. The van der Waals surface area contributed by atoms with E-state index in [0.717, 1.165) is 17.7 Å². The van der Waals surface area contributed by atoms with Crippen LogP contribution in [0.2, 0.25) is 0 Å². The molecule has 1 N–H and O–H groups in total. The second-order valence-corrected chi connectivity index (χ2v) is 4.69. The van der Waals surface area contributed by atoms with E-state index >= 15 is 0 Å². The third-order valence-electron chi connectivity index (χ3n) is 3.05. The van der Waals surface area contributed by atoms with E-state index in [0.29, 0.717) is 24.6 Å². The summed E-state index contributed by atoms with van der Waals surface area (Å²) in [4.78, 5) is 0. The van der Waals surface area contributed by atoms with Gasteiger partial charge in [0.25, 0.3) is 0 Å². The van der Waals surface area contributed by atoms with E-state index in [1.807, 2.05) is 24.3 Å². The second kappa shape index (κ2) is 7.53. The highest BCUT2D eigenvalue weighted by Crippen LogP contribution is 2.22. The smallest absolute Gasteiger partial charge is 0.146 e. The normalized spacial score (nSPS) is 10.2. The van der Waals surface area contributed by atoms with Crippen LogP contribution in [0.25, 0.3) is 0 Å². The molecule has 0 heterocycles. The topological polar surface area (TPSA) is 30.5 Å². The van der Waals surface area contributed by atoms with Crippen LogP contribution in [0.1, 0.15) is 18.9 Å². The number of hydrogen-bond donors (Lipinski definition) is 1. The summed E-state index contributed by atoms with van der Waals surface area (Å²) < 4.78 is 24.3. The molecule has 4 heteroatoms. The molecule has 0 saturated heterocycles. The van der Waals surface area contributed by atoms with Crippen molar-refractivity contribution in [3.05, 3.63) is 53.8 Å². The molecule has 0 aliphatic carbocycles. The minimum Gasteiger partial charge on any atom is -0.497 e. The molecule has 2 rings (SSSR count). The number of benzene rings is 2. The molecule has 0 amide bonds. The highest BCUT2D eigenvalue weighted by atomic mass is 19.1. The summed E-state index contributed by atoms with van der Waals surface area (Å²) in [7, 11) is 1.56. The molecular weight excluding hydrogens is 269 g/mol. The molecule has 0 spiro atoms. The molecule has 0 saturated carbocycles. The van der Waals surface area contributed by atoms with E-state index in [9.17, 15) is 4.39 Å². The third kappa shape index (κ3) is 4.38. The summed E-state index contributed by atoms with van der Waals surface area (Å²) in [5.41, 5.74) is 1.49. The average Bonchev–Trinajstić information content (AvgIpc) is 2.53. The number of hydrogen-bond acceptors (Lipinski definition) is 3. The largest absolute Gasteiger partial charge is 0.497 e. The Morgan fingerprint density at radius 1 is 1.05 bits per heavy atom. The molecule has 2 aromatic carbocycles. The van der Waals surface area contributed by atoms with E-state index in [1.165, 1.54) is 6.07 Å². The summed E-state index contributed by atoms with van der Waals surface area (Å²) in [6.45, 7) is 3.33. The number of halogens is 1. The van der Waals surface area contributed by atoms with Crippen LogP contribution in [0.5, 0.6) is 11.5 Å². The molecule has 0 fully saturated rings. The molecule has 0 unspecified atom stereocenters. The first-order chi connectivity index (χ1) is 10.2. The zero-order valence-electron chi connectivity index (χ0n) is 12.4. The first-order valence-electron chi connectivity index (χ1n) is 7.02. The van der Waals surface area contributed by atoms with Crippen molar-refractivity contribution < 1.29 is 13.9 Å². The molecule has 0 aliphatic rings. The van der Waals surface area contributed by atoms with Gasteiger partial charge in [-0.15, -0.1) is 0 Å². The van der Waals surface area contributed by atoms with Gasteiger partial charge in [-0.1, -0.05) is 19.1 Å². The molecule has 0 bridgehead atoms. The minimum atomic E-state index is -0.293. The molecule has 0 atom stereocenters. The van der Waals surface area contributed by atoms with Crippen molar-refractivity contribution in [2.75, 3.05) is 19.0 Å². The summed E-state index contributed by atoms with van der Waals surface area (Å²) in [6.07, 6.45) is 0.985. The predicted molar refractivity (Wildman–Crippen MR) is 82.5 cm³/mol. The first-order valence-corrected chi connectivity index (χ1v) is 7.02. The standard InChI is InChI=1S/C17H20FNO2/c1-3-10-21-14-6-4-13(5-7-14)12-19-17-11-15(20-2)8-9-16(17)18/h4-9,11,19H,3,10,12H2,1-2H3. The van der Waals surface area contributed by atoms with Crippen LogP contribution in [0.15, 0.2) is 42.5 Å². The molecular formula is C17H20FNO2. The van der Waals surface area contributed by atoms with Gasteiger partial charge in [-0.05, 0) is 36.2 Å². The summed E-state index contributed by atoms with van der Waals surface area (Å²) in [5, 5.41) is 3.07. The Labute approximate surface area is 124 Å². The van der Waals surface area contributed by atoms with Gasteiger partial charge in [0, 0.05) is 12.6 Å². The molecule has 112 valence electrons. The summed E-state index contributed by atoms with van der Waals surface area (Å²) >= 11 is 0. The second-order valence-electron chi connectivity index (χ2n) is 4.69. The molecule has 2 aromatic rings. The van der Waals surface area contributed by atoms with Gasteiger partial charge in [0.1, 0.15) is 17.3 Å². The third-order valence-corrected chi connectivity index (χ3v) is 3.05. The summed E-state index contributed by atoms with van der Waals surface area (Å²) in [5.74, 6) is 1.19. The van der Waals surface area contributed by atoms with Crippen molar-refractivity contribution in [1.29, 1.82) is 0 Å². The van der Waals surface area contributed by atoms with Crippen LogP contribution in [0, 0.1) is 5.82 Å². The lowest BCUT2D eigenvalue weighted by molar-refractivity contribution is 0.317. The maximum absolute atomic E-state index is 13.7. The molecule has 0 radical (unpaired) electrons. The lowest BCUT2D eigenvalue weighted by Gasteiger charge is -2.10. The fourth-order valence-electron chi connectivity index (χ4n) is 1.89. The summed E-state index contributed by atoms with van der Waals surface area (Å²) in [6, 6.07) is 12.4. The fraction of sp³-hybridized carbons (Fsp3) is 0.294. The quantitative estimate of drug-likeness (QED) is 0.827. The van der Waals surface area contributed by atoms with E-state index < -0.39 is 0 Å². The average molecular weight is 289 g/mol. The van der Waals surface area contributed by atoms with Crippen LogP contribution in [-0.2, 0) is 6.54 Å². The Hall–Kier alpha value is -2.23. The Bertz CT molecular complexity index is 570. The molecule has 21 heavy (non-hydrogen) atoms. The Morgan fingerprint density at radius 3 is 2.43 bits per heavy atom. The van der Waals surface area contributed by atoms with Gasteiger partial charge < -0.3 is 14.8 Å². The Kier molecular flexibility index (Phi) is 5.43. The van der Waals surface area contributed by atoms with Crippen LogP contribution in [-0.4, -0.2) is 13.7 Å². The number of anilines is 1. The van der Waals surface area contributed by atoms with E-state index in [1.54, 1.807) is 19.2 Å². The van der Waals surface area contributed by atoms with E-state index in [2.05, 4.69) is 12.2 Å². The van der Waals surface area contributed by atoms with E-state index in [4.69, 9.17) is 9.47 Å². The van der Waals surface area contributed by atoms with E-state index in [-0.39, 0.29) is 5.82 Å². The van der Waals surface area contributed by atoms with Crippen LogP contribution < -0.4 is 14.8 Å². The fourth-order valence-corrected chi connectivity index (χ4v) is 1.89. The van der Waals surface area contributed by atoms with Crippen molar-refractivity contribution in [2.24, 2.45) is 0 Å². The molecule has 3 nitrogen and oxygen atoms in total. The number of rotatable bonds is 7. The van der Waals surface area contributed by atoms with Crippen LogP contribution in [0.4, 0.5) is 10.1 Å². The SMILES string of the molecule is CCCOc1ccc(CNc2cc(OC)ccc2F)cc1. The van der Waals surface area contributed by atoms with Gasteiger partial charge in [0.05, 0.1) is 19.4 Å². The number of nitrogens with one attached hydrogen (secondary N) is 1. The van der Waals surface area contributed by atoms with Gasteiger partial charge in [-0.25, -0.2) is 4.39 Å². The van der Waals surface area contributed by atoms with Gasteiger partial charge in [0.15, 0.2) is 0 Å². The zero-order chi connectivity index (χ0) is 15.1. The van der Waals surface area contributed by atoms with Gasteiger partial charge in [-0.2, -0.15) is 0 Å². The van der Waals surface area contributed by atoms with Crippen LogP contribution >= 0.6 is 0 Å².